The molecule has 0 radical (unpaired) electrons. The molecule has 0 spiro atoms. The van der Waals surface area contributed by atoms with Gasteiger partial charge in [-0.2, -0.15) is 0 Å². The van der Waals surface area contributed by atoms with Gasteiger partial charge in [-0.05, 0) is 23.0 Å². The standard InChI is InChI=1S/C22H30N4O4/c1-11(2)17-21(29)23-15(19(27)25-17)9-13-5-7-14(8-6-13)10-16-20(28)26-18(12(3)4)22(30)24-16/h5-8,11-12,15-18H,9-10H2,1-4H3,(H,23,29)(H,24,30)(H,25,27)(H,26,28)/t15-,16-,17+,18+/m0/s1. The fourth-order valence-corrected chi connectivity index (χ4v) is 3.80. The third-order valence-corrected chi connectivity index (χ3v) is 5.66. The molecule has 0 aliphatic carbocycles. The first-order valence-electron chi connectivity index (χ1n) is 10.4. The van der Waals surface area contributed by atoms with Crippen LogP contribution in [0.4, 0.5) is 0 Å². The average Bonchev–Trinajstić information content (AvgIpc) is 2.68. The van der Waals surface area contributed by atoms with Crippen molar-refractivity contribution in [1.82, 2.24) is 21.3 Å². The number of nitrogens with one attached hydrogen (secondary N) is 4. The van der Waals surface area contributed by atoms with E-state index in [2.05, 4.69) is 21.3 Å². The Bertz CT molecular complexity index is 765. The minimum absolute atomic E-state index is 0.0301. The number of hydrogen-bond donors (Lipinski definition) is 4. The minimum atomic E-state index is -0.602. The molecule has 1 aromatic carbocycles. The predicted octanol–water partition coefficient (Wildman–Crippen LogP) is 0.0500. The molecular formula is C22H30N4O4. The molecule has 0 unspecified atom stereocenters. The number of hydrogen-bond acceptors (Lipinski definition) is 4. The Morgan fingerprint density at radius 3 is 1.23 bits per heavy atom. The minimum Gasteiger partial charge on any atom is -0.342 e. The normalized spacial score (nSPS) is 26.9. The second-order valence-electron chi connectivity index (χ2n) is 8.81. The van der Waals surface area contributed by atoms with E-state index < -0.39 is 24.2 Å². The van der Waals surface area contributed by atoms with Gasteiger partial charge in [0.2, 0.25) is 23.6 Å². The summed E-state index contributed by atoms with van der Waals surface area (Å²) in [5, 5.41) is 11.2. The van der Waals surface area contributed by atoms with Crippen molar-refractivity contribution in [3.05, 3.63) is 35.4 Å². The molecule has 30 heavy (non-hydrogen) atoms. The zero-order valence-electron chi connectivity index (χ0n) is 17.8. The van der Waals surface area contributed by atoms with E-state index in [1.54, 1.807) is 0 Å². The molecule has 8 nitrogen and oxygen atoms in total. The number of benzene rings is 1. The van der Waals surface area contributed by atoms with Gasteiger partial charge < -0.3 is 21.3 Å². The fourth-order valence-electron chi connectivity index (χ4n) is 3.80. The van der Waals surface area contributed by atoms with Crippen LogP contribution in [0.1, 0.15) is 38.8 Å². The summed E-state index contributed by atoms with van der Waals surface area (Å²) >= 11 is 0. The molecule has 0 bridgehead atoms. The monoisotopic (exact) mass is 414 g/mol. The SMILES string of the molecule is CC(C)[C@H]1NC(=O)[C@H](Cc2ccc(C[C@@H]3NC(=O)[C@@H](C(C)C)NC3=O)cc2)NC1=O. The molecule has 2 saturated heterocycles. The summed E-state index contributed by atoms with van der Waals surface area (Å²) in [5.41, 5.74) is 1.80. The van der Waals surface area contributed by atoms with Gasteiger partial charge in [0.05, 0.1) is 0 Å². The predicted molar refractivity (Wildman–Crippen MR) is 111 cm³/mol. The molecule has 4 atom stereocenters. The van der Waals surface area contributed by atoms with E-state index in [1.165, 1.54) is 0 Å². The average molecular weight is 415 g/mol. The lowest BCUT2D eigenvalue weighted by atomic mass is 9.95. The molecule has 0 saturated carbocycles. The summed E-state index contributed by atoms with van der Waals surface area (Å²) in [7, 11) is 0. The number of rotatable bonds is 6. The summed E-state index contributed by atoms with van der Waals surface area (Å²) < 4.78 is 0. The van der Waals surface area contributed by atoms with Gasteiger partial charge >= 0.3 is 0 Å². The Labute approximate surface area is 176 Å². The first-order valence-corrected chi connectivity index (χ1v) is 10.4. The molecule has 2 fully saturated rings. The molecule has 2 aliphatic heterocycles. The highest BCUT2D eigenvalue weighted by atomic mass is 16.2. The van der Waals surface area contributed by atoms with Crippen LogP contribution < -0.4 is 21.3 Å². The largest absolute Gasteiger partial charge is 0.342 e. The van der Waals surface area contributed by atoms with Crippen molar-refractivity contribution in [1.29, 1.82) is 0 Å². The summed E-state index contributed by atoms with van der Waals surface area (Å²) in [5.74, 6) is -0.628. The zero-order valence-corrected chi connectivity index (χ0v) is 17.8. The maximum atomic E-state index is 12.3. The van der Waals surface area contributed by atoms with E-state index >= 15 is 0 Å². The van der Waals surface area contributed by atoms with Crippen molar-refractivity contribution >= 4 is 23.6 Å². The summed E-state index contributed by atoms with van der Waals surface area (Å²) in [6.07, 6.45) is 0.777. The van der Waals surface area contributed by atoms with Crippen molar-refractivity contribution in [2.45, 2.75) is 64.7 Å². The van der Waals surface area contributed by atoms with Gasteiger partial charge in [-0.25, -0.2) is 0 Å². The zero-order chi connectivity index (χ0) is 22.0. The van der Waals surface area contributed by atoms with Crippen LogP contribution in [0.3, 0.4) is 0 Å². The van der Waals surface area contributed by atoms with E-state index in [4.69, 9.17) is 0 Å². The Balaban J connectivity index is 1.58. The van der Waals surface area contributed by atoms with Crippen LogP contribution in [0.2, 0.25) is 0 Å². The highest BCUT2D eigenvalue weighted by Crippen LogP contribution is 2.15. The van der Waals surface area contributed by atoms with Gasteiger partial charge in [0.25, 0.3) is 0 Å². The summed E-state index contributed by atoms with van der Waals surface area (Å²) in [6, 6.07) is 5.31. The maximum absolute atomic E-state index is 12.3. The van der Waals surface area contributed by atoms with E-state index in [0.29, 0.717) is 12.8 Å². The second kappa shape index (κ2) is 8.85. The summed E-state index contributed by atoms with van der Waals surface area (Å²) in [4.78, 5) is 49.0. The van der Waals surface area contributed by atoms with E-state index in [0.717, 1.165) is 11.1 Å². The smallest absolute Gasteiger partial charge is 0.243 e. The molecular weight excluding hydrogens is 384 g/mol. The molecule has 3 rings (SSSR count). The van der Waals surface area contributed by atoms with E-state index in [-0.39, 0.29) is 35.5 Å². The van der Waals surface area contributed by atoms with Crippen molar-refractivity contribution in [2.24, 2.45) is 11.8 Å². The van der Waals surface area contributed by atoms with Crippen LogP contribution in [0, 0.1) is 11.8 Å². The highest BCUT2D eigenvalue weighted by molar-refractivity contribution is 5.98. The number of carbonyl (C=O) groups is 4. The molecule has 1 aromatic rings. The van der Waals surface area contributed by atoms with Gasteiger partial charge in [-0.1, -0.05) is 52.0 Å². The highest BCUT2D eigenvalue weighted by Gasteiger charge is 2.36. The van der Waals surface area contributed by atoms with Crippen LogP contribution in [0.15, 0.2) is 24.3 Å². The third-order valence-electron chi connectivity index (χ3n) is 5.66. The maximum Gasteiger partial charge on any atom is 0.243 e. The molecule has 4 amide bonds. The van der Waals surface area contributed by atoms with Gasteiger partial charge in [0.15, 0.2) is 0 Å². The molecule has 2 heterocycles. The lowest BCUT2D eigenvalue weighted by Crippen LogP contribution is -2.63. The Morgan fingerprint density at radius 1 is 0.600 bits per heavy atom. The second-order valence-corrected chi connectivity index (χ2v) is 8.81. The molecule has 8 heteroatoms. The topological polar surface area (TPSA) is 116 Å². The lowest BCUT2D eigenvalue weighted by molar-refractivity contribution is -0.137. The molecule has 0 aromatic heterocycles. The van der Waals surface area contributed by atoms with Crippen LogP contribution in [0.5, 0.6) is 0 Å². The fraction of sp³-hybridized carbons (Fsp3) is 0.545. The molecule has 4 N–H and O–H groups in total. The number of piperazine rings is 2. The molecule has 2 aliphatic rings. The van der Waals surface area contributed by atoms with Crippen LogP contribution >= 0.6 is 0 Å². The van der Waals surface area contributed by atoms with Crippen LogP contribution in [-0.4, -0.2) is 47.8 Å². The Morgan fingerprint density at radius 2 is 0.933 bits per heavy atom. The van der Waals surface area contributed by atoms with E-state index in [1.807, 2.05) is 52.0 Å². The number of carbonyl (C=O) groups excluding carboxylic acids is 4. The van der Waals surface area contributed by atoms with Crippen molar-refractivity contribution in [3.63, 3.8) is 0 Å². The van der Waals surface area contributed by atoms with E-state index in [9.17, 15) is 19.2 Å². The van der Waals surface area contributed by atoms with Crippen LogP contribution in [0.25, 0.3) is 0 Å². The Hall–Kier alpha value is -2.90. The van der Waals surface area contributed by atoms with Gasteiger partial charge in [0, 0.05) is 12.8 Å². The van der Waals surface area contributed by atoms with Crippen molar-refractivity contribution in [2.75, 3.05) is 0 Å². The third kappa shape index (κ3) is 4.80. The first kappa shape index (κ1) is 21.8. The lowest BCUT2D eigenvalue weighted by Gasteiger charge is -2.32. The first-order chi connectivity index (χ1) is 14.2. The summed E-state index contributed by atoms with van der Waals surface area (Å²) in [6.45, 7) is 7.56. The van der Waals surface area contributed by atoms with Crippen LogP contribution in [-0.2, 0) is 32.0 Å². The quantitative estimate of drug-likeness (QED) is 0.526. The number of amides is 4. The van der Waals surface area contributed by atoms with Crippen molar-refractivity contribution in [3.8, 4) is 0 Å². The van der Waals surface area contributed by atoms with Gasteiger partial charge in [-0.3, -0.25) is 19.2 Å². The molecule has 162 valence electrons. The Kier molecular flexibility index (Phi) is 6.43. The van der Waals surface area contributed by atoms with Gasteiger partial charge in [-0.15, -0.1) is 0 Å². The van der Waals surface area contributed by atoms with Crippen molar-refractivity contribution < 1.29 is 19.2 Å². The van der Waals surface area contributed by atoms with Gasteiger partial charge in [0.1, 0.15) is 24.2 Å².